The Bertz CT molecular complexity index is 552. The Labute approximate surface area is 162 Å². The molecule has 2 saturated heterocycles. The van der Waals surface area contributed by atoms with Gasteiger partial charge in [-0.1, -0.05) is 30.3 Å². The van der Waals surface area contributed by atoms with Crippen LogP contribution in [0.5, 0.6) is 0 Å². The molecule has 2 aliphatic rings. The predicted molar refractivity (Wildman–Crippen MR) is 104 cm³/mol. The van der Waals surface area contributed by atoms with E-state index in [9.17, 15) is 4.79 Å². The lowest BCUT2D eigenvalue weighted by molar-refractivity contribution is -0.134. The first kappa shape index (κ1) is 21.1. The number of nitrogens with one attached hydrogen (secondary N) is 2. The SMILES string of the molecule is COCC1(C(=O)NCC2CN(Cc3ccccc3)CCO2)CCNC1.Cl. The van der Waals surface area contributed by atoms with Crippen molar-refractivity contribution in [1.82, 2.24) is 15.5 Å². The number of hydrogen-bond donors (Lipinski definition) is 2. The second kappa shape index (κ2) is 10.2. The number of nitrogens with zero attached hydrogens (tertiary/aromatic N) is 1. The molecule has 1 aromatic carbocycles. The summed E-state index contributed by atoms with van der Waals surface area (Å²) in [5.74, 6) is 0.0723. The van der Waals surface area contributed by atoms with Crippen molar-refractivity contribution in [1.29, 1.82) is 0 Å². The first-order valence-electron chi connectivity index (χ1n) is 9.08. The van der Waals surface area contributed by atoms with E-state index in [-0.39, 0.29) is 24.4 Å². The smallest absolute Gasteiger partial charge is 0.229 e. The molecule has 7 heteroatoms. The average molecular weight is 384 g/mol. The fraction of sp³-hybridized carbons (Fsp3) is 0.632. The number of carbonyl (C=O) groups excluding carboxylic acids is 1. The van der Waals surface area contributed by atoms with E-state index in [0.29, 0.717) is 26.3 Å². The minimum atomic E-state index is -0.437. The summed E-state index contributed by atoms with van der Waals surface area (Å²) in [5.41, 5.74) is 0.871. The summed E-state index contributed by atoms with van der Waals surface area (Å²) in [7, 11) is 1.65. The van der Waals surface area contributed by atoms with Crippen LogP contribution in [0.25, 0.3) is 0 Å². The van der Waals surface area contributed by atoms with Crippen LogP contribution in [0.15, 0.2) is 30.3 Å². The lowest BCUT2D eigenvalue weighted by atomic mass is 9.87. The van der Waals surface area contributed by atoms with Crippen molar-refractivity contribution in [2.24, 2.45) is 5.41 Å². The van der Waals surface area contributed by atoms with Crippen LogP contribution in [0.2, 0.25) is 0 Å². The monoisotopic (exact) mass is 383 g/mol. The normalized spacial score (nSPS) is 26.3. The second-order valence-corrected chi connectivity index (χ2v) is 7.06. The molecule has 26 heavy (non-hydrogen) atoms. The standard InChI is InChI=1S/C19H29N3O3.ClH/c1-24-15-19(7-8-20-14-19)18(23)21-11-17-13-22(9-10-25-17)12-16-5-3-2-4-6-16;/h2-6,17,20H,7-15H2,1H3,(H,21,23);1H. The summed E-state index contributed by atoms with van der Waals surface area (Å²) in [4.78, 5) is 15.1. The van der Waals surface area contributed by atoms with Crippen LogP contribution in [0.4, 0.5) is 0 Å². The predicted octanol–water partition coefficient (Wildman–Crippen LogP) is 1.05. The molecule has 2 atom stereocenters. The van der Waals surface area contributed by atoms with Crippen LogP contribution in [0.1, 0.15) is 12.0 Å². The van der Waals surface area contributed by atoms with Gasteiger partial charge in [-0.3, -0.25) is 9.69 Å². The van der Waals surface area contributed by atoms with E-state index in [1.54, 1.807) is 7.11 Å². The molecule has 3 rings (SSSR count). The molecule has 2 aliphatic heterocycles. The molecule has 0 bridgehead atoms. The Morgan fingerprint density at radius 3 is 2.92 bits per heavy atom. The van der Waals surface area contributed by atoms with Crippen LogP contribution in [-0.4, -0.2) is 70.0 Å². The number of hydrogen-bond acceptors (Lipinski definition) is 5. The Hall–Kier alpha value is -1.18. The van der Waals surface area contributed by atoms with E-state index in [1.165, 1.54) is 5.56 Å². The molecular formula is C19H30ClN3O3. The molecule has 0 radical (unpaired) electrons. The fourth-order valence-electron chi connectivity index (χ4n) is 3.69. The van der Waals surface area contributed by atoms with Gasteiger partial charge in [0.05, 0.1) is 24.7 Å². The molecule has 1 aromatic rings. The van der Waals surface area contributed by atoms with Crippen LogP contribution in [-0.2, 0) is 20.8 Å². The molecule has 6 nitrogen and oxygen atoms in total. The number of amides is 1. The molecule has 2 heterocycles. The highest BCUT2D eigenvalue weighted by Crippen LogP contribution is 2.26. The van der Waals surface area contributed by atoms with E-state index >= 15 is 0 Å². The maximum Gasteiger partial charge on any atom is 0.229 e. The van der Waals surface area contributed by atoms with Crippen molar-refractivity contribution in [3.8, 4) is 0 Å². The minimum Gasteiger partial charge on any atom is -0.384 e. The van der Waals surface area contributed by atoms with Gasteiger partial charge in [-0.05, 0) is 18.5 Å². The Morgan fingerprint density at radius 2 is 2.23 bits per heavy atom. The number of ether oxygens (including phenoxy) is 2. The Morgan fingerprint density at radius 1 is 1.42 bits per heavy atom. The maximum atomic E-state index is 12.7. The second-order valence-electron chi connectivity index (χ2n) is 7.06. The summed E-state index contributed by atoms with van der Waals surface area (Å²) in [6.45, 7) is 5.94. The molecule has 2 unspecified atom stereocenters. The number of benzene rings is 1. The fourth-order valence-corrected chi connectivity index (χ4v) is 3.69. The zero-order valence-electron chi connectivity index (χ0n) is 15.4. The molecule has 0 aliphatic carbocycles. The first-order valence-corrected chi connectivity index (χ1v) is 9.08. The highest BCUT2D eigenvalue weighted by atomic mass is 35.5. The van der Waals surface area contributed by atoms with E-state index in [0.717, 1.165) is 32.6 Å². The van der Waals surface area contributed by atoms with Crippen LogP contribution in [0, 0.1) is 5.41 Å². The van der Waals surface area contributed by atoms with Crippen molar-refractivity contribution in [2.75, 3.05) is 53.0 Å². The minimum absolute atomic E-state index is 0. The lowest BCUT2D eigenvalue weighted by Crippen LogP contribution is -2.51. The van der Waals surface area contributed by atoms with Gasteiger partial charge in [0.1, 0.15) is 0 Å². The van der Waals surface area contributed by atoms with Gasteiger partial charge in [0, 0.05) is 39.8 Å². The molecule has 2 N–H and O–H groups in total. The number of methoxy groups -OCH3 is 1. The van der Waals surface area contributed by atoms with Gasteiger partial charge < -0.3 is 20.1 Å². The van der Waals surface area contributed by atoms with Crippen molar-refractivity contribution < 1.29 is 14.3 Å². The van der Waals surface area contributed by atoms with Crippen LogP contribution >= 0.6 is 12.4 Å². The van der Waals surface area contributed by atoms with E-state index in [1.807, 2.05) is 6.07 Å². The van der Waals surface area contributed by atoms with Gasteiger partial charge in [-0.2, -0.15) is 0 Å². The van der Waals surface area contributed by atoms with Crippen molar-refractivity contribution in [3.05, 3.63) is 35.9 Å². The van der Waals surface area contributed by atoms with Gasteiger partial charge >= 0.3 is 0 Å². The molecule has 146 valence electrons. The summed E-state index contributed by atoms with van der Waals surface area (Å²) in [5, 5.41) is 6.36. The zero-order chi connectivity index (χ0) is 17.5. The summed E-state index contributed by atoms with van der Waals surface area (Å²) in [6.07, 6.45) is 0.855. The number of rotatable bonds is 7. The third-order valence-electron chi connectivity index (χ3n) is 5.11. The topological polar surface area (TPSA) is 62.8 Å². The molecular weight excluding hydrogens is 354 g/mol. The van der Waals surface area contributed by atoms with Crippen LogP contribution in [0.3, 0.4) is 0 Å². The molecule has 0 spiro atoms. The summed E-state index contributed by atoms with van der Waals surface area (Å²) >= 11 is 0. The van der Waals surface area contributed by atoms with E-state index < -0.39 is 5.41 Å². The van der Waals surface area contributed by atoms with E-state index in [4.69, 9.17) is 9.47 Å². The lowest BCUT2D eigenvalue weighted by Gasteiger charge is -2.34. The first-order chi connectivity index (χ1) is 12.2. The van der Waals surface area contributed by atoms with E-state index in [2.05, 4.69) is 39.8 Å². The Balaban J connectivity index is 0.00000243. The van der Waals surface area contributed by atoms with Crippen LogP contribution < -0.4 is 10.6 Å². The molecule has 0 aromatic heterocycles. The third-order valence-corrected chi connectivity index (χ3v) is 5.11. The summed E-state index contributed by atoms with van der Waals surface area (Å²) < 4.78 is 11.1. The molecule has 0 saturated carbocycles. The van der Waals surface area contributed by atoms with Crippen molar-refractivity contribution >= 4 is 18.3 Å². The third kappa shape index (κ3) is 5.41. The zero-order valence-corrected chi connectivity index (χ0v) is 16.2. The average Bonchev–Trinajstić information content (AvgIpc) is 3.11. The van der Waals surface area contributed by atoms with Gasteiger partial charge in [0.25, 0.3) is 0 Å². The number of carbonyl (C=O) groups is 1. The summed E-state index contributed by atoms with van der Waals surface area (Å²) in [6, 6.07) is 10.5. The quantitative estimate of drug-likeness (QED) is 0.737. The number of halogens is 1. The largest absolute Gasteiger partial charge is 0.384 e. The molecule has 2 fully saturated rings. The van der Waals surface area contributed by atoms with Gasteiger partial charge in [0.2, 0.25) is 5.91 Å². The van der Waals surface area contributed by atoms with Gasteiger partial charge in [0.15, 0.2) is 0 Å². The number of morpholine rings is 1. The van der Waals surface area contributed by atoms with Gasteiger partial charge in [-0.15, -0.1) is 12.4 Å². The highest BCUT2D eigenvalue weighted by molar-refractivity contribution is 5.85. The van der Waals surface area contributed by atoms with Gasteiger partial charge in [-0.25, -0.2) is 0 Å². The maximum absolute atomic E-state index is 12.7. The molecule has 1 amide bonds. The van der Waals surface area contributed by atoms with Crippen molar-refractivity contribution in [3.63, 3.8) is 0 Å². The Kier molecular flexibility index (Phi) is 8.31. The van der Waals surface area contributed by atoms with Crippen molar-refractivity contribution in [2.45, 2.75) is 19.1 Å². The highest BCUT2D eigenvalue weighted by Gasteiger charge is 2.41.